The summed E-state index contributed by atoms with van der Waals surface area (Å²) in [6.45, 7) is 0. The van der Waals surface area contributed by atoms with E-state index < -0.39 is 6.03 Å². The number of carbonyl (C=O) groups is 2. The highest BCUT2D eigenvalue weighted by molar-refractivity contribution is 9.10. The van der Waals surface area contributed by atoms with Gasteiger partial charge in [0.05, 0.1) is 0 Å². The van der Waals surface area contributed by atoms with Gasteiger partial charge in [-0.1, -0.05) is 22.0 Å². The van der Waals surface area contributed by atoms with Crippen LogP contribution in [0.3, 0.4) is 0 Å². The summed E-state index contributed by atoms with van der Waals surface area (Å²) in [4.78, 5) is 22.5. The molecule has 0 unspecified atom stereocenters. The van der Waals surface area contributed by atoms with E-state index >= 15 is 0 Å². The van der Waals surface area contributed by atoms with Crippen LogP contribution in [0.4, 0.5) is 4.79 Å². The highest BCUT2D eigenvalue weighted by Crippen LogP contribution is 2.22. The number of nitrogens with one attached hydrogen (secondary N) is 1. The van der Waals surface area contributed by atoms with E-state index in [1.807, 2.05) is 29.6 Å². The molecule has 3 amide bonds. The van der Waals surface area contributed by atoms with Gasteiger partial charge in [0.2, 0.25) is 5.91 Å². The van der Waals surface area contributed by atoms with E-state index in [0.717, 1.165) is 9.37 Å². The molecule has 0 aliphatic rings. The molecule has 0 aliphatic carbocycles. The minimum Gasteiger partial charge on any atom is -0.351 e. The van der Waals surface area contributed by atoms with E-state index in [-0.39, 0.29) is 12.3 Å². The van der Waals surface area contributed by atoms with Gasteiger partial charge in [0.15, 0.2) is 0 Å². The normalized spacial score (nSPS) is 9.81. The van der Waals surface area contributed by atoms with Crippen LogP contribution < -0.4 is 11.1 Å². The van der Waals surface area contributed by atoms with Crippen LogP contribution in [0, 0.1) is 0 Å². The van der Waals surface area contributed by atoms with Crippen molar-refractivity contribution in [3.05, 3.63) is 28.7 Å². The van der Waals surface area contributed by atoms with Crippen LogP contribution in [0.1, 0.15) is 6.42 Å². The molecule has 0 aromatic heterocycles. The molecule has 0 saturated carbocycles. The lowest BCUT2D eigenvalue weighted by Crippen LogP contribution is -2.35. The maximum atomic E-state index is 11.1. The average molecular weight is 303 g/mol. The molecule has 0 aliphatic heterocycles. The molecule has 16 heavy (non-hydrogen) atoms. The summed E-state index contributed by atoms with van der Waals surface area (Å²) in [5, 5.41) is 2.02. The first-order valence-corrected chi connectivity index (χ1v) is 6.33. The lowest BCUT2D eigenvalue weighted by Gasteiger charge is -2.02. The Hall–Kier alpha value is -1.01. The number of halogens is 1. The van der Waals surface area contributed by atoms with Crippen molar-refractivity contribution in [2.75, 3.05) is 5.75 Å². The molecule has 1 aromatic rings. The maximum Gasteiger partial charge on any atom is 0.318 e. The monoisotopic (exact) mass is 302 g/mol. The van der Waals surface area contributed by atoms with Crippen LogP contribution >= 0.6 is 27.7 Å². The third-order valence-corrected chi connectivity index (χ3v) is 3.15. The van der Waals surface area contributed by atoms with E-state index in [1.54, 1.807) is 11.8 Å². The molecule has 0 atom stereocenters. The summed E-state index contributed by atoms with van der Waals surface area (Å²) in [5.74, 6) is 0.255. The van der Waals surface area contributed by atoms with Crippen LogP contribution in [0.25, 0.3) is 0 Å². The zero-order valence-corrected chi connectivity index (χ0v) is 10.8. The maximum absolute atomic E-state index is 11.1. The van der Waals surface area contributed by atoms with Crippen LogP contribution in [0.2, 0.25) is 0 Å². The highest BCUT2D eigenvalue weighted by Gasteiger charge is 2.04. The van der Waals surface area contributed by atoms with Gasteiger partial charge in [-0.05, 0) is 18.2 Å². The topological polar surface area (TPSA) is 72.2 Å². The van der Waals surface area contributed by atoms with Gasteiger partial charge in [-0.3, -0.25) is 10.1 Å². The molecular weight excluding hydrogens is 292 g/mol. The Morgan fingerprint density at radius 2 is 2.19 bits per heavy atom. The molecule has 0 bridgehead atoms. The lowest BCUT2D eigenvalue weighted by atomic mass is 10.4. The first-order chi connectivity index (χ1) is 7.58. The Balaban J connectivity index is 2.30. The van der Waals surface area contributed by atoms with Crippen LogP contribution in [-0.2, 0) is 4.79 Å². The fourth-order valence-corrected chi connectivity index (χ4v) is 2.48. The largest absolute Gasteiger partial charge is 0.351 e. The summed E-state index contributed by atoms with van der Waals surface area (Å²) in [6, 6.07) is 6.98. The van der Waals surface area contributed by atoms with Crippen molar-refractivity contribution < 1.29 is 9.59 Å². The van der Waals surface area contributed by atoms with Crippen LogP contribution in [-0.4, -0.2) is 17.7 Å². The predicted octanol–water partition coefficient (Wildman–Crippen LogP) is 2.13. The highest BCUT2D eigenvalue weighted by atomic mass is 79.9. The third kappa shape index (κ3) is 5.18. The summed E-state index contributed by atoms with van der Waals surface area (Å²) >= 11 is 4.91. The summed E-state index contributed by atoms with van der Waals surface area (Å²) in [5.41, 5.74) is 4.81. The molecule has 1 rings (SSSR count). The SMILES string of the molecule is NC(=O)NC(=O)CCSc1cccc(Br)c1. The van der Waals surface area contributed by atoms with Gasteiger partial charge in [-0.25, -0.2) is 4.79 Å². The zero-order valence-electron chi connectivity index (χ0n) is 8.40. The van der Waals surface area contributed by atoms with Crippen LogP contribution in [0.5, 0.6) is 0 Å². The Morgan fingerprint density at radius 3 is 2.81 bits per heavy atom. The van der Waals surface area contributed by atoms with Gasteiger partial charge in [0.1, 0.15) is 0 Å². The minimum absolute atomic E-state index is 0.264. The second-order valence-corrected chi connectivity index (χ2v) is 5.05. The van der Waals surface area contributed by atoms with Crippen molar-refractivity contribution >= 4 is 39.6 Å². The molecule has 86 valence electrons. The second-order valence-electron chi connectivity index (χ2n) is 2.97. The van der Waals surface area contributed by atoms with Crippen molar-refractivity contribution in [1.82, 2.24) is 5.32 Å². The van der Waals surface area contributed by atoms with Gasteiger partial charge >= 0.3 is 6.03 Å². The molecular formula is C10H11BrN2O2S. The first-order valence-electron chi connectivity index (χ1n) is 4.55. The van der Waals surface area contributed by atoms with Crippen molar-refractivity contribution in [3.8, 4) is 0 Å². The number of primary amides is 1. The third-order valence-electron chi connectivity index (χ3n) is 1.66. The molecule has 0 saturated heterocycles. The van der Waals surface area contributed by atoms with Gasteiger partial charge in [-0.2, -0.15) is 0 Å². The second kappa shape index (κ2) is 6.55. The Bertz CT molecular complexity index is 398. The molecule has 0 heterocycles. The van der Waals surface area contributed by atoms with E-state index in [4.69, 9.17) is 5.73 Å². The molecule has 0 radical (unpaired) electrons. The number of carbonyl (C=O) groups excluding carboxylic acids is 2. The standard InChI is InChI=1S/C10H11BrN2O2S/c11-7-2-1-3-8(6-7)16-5-4-9(14)13-10(12)15/h1-3,6H,4-5H2,(H3,12,13,14,15). The summed E-state index contributed by atoms with van der Waals surface area (Å²) < 4.78 is 0.999. The van der Waals surface area contributed by atoms with E-state index in [9.17, 15) is 9.59 Å². The lowest BCUT2D eigenvalue weighted by molar-refractivity contribution is -0.119. The molecule has 4 nitrogen and oxygen atoms in total. The quantitative estimate of drug-likeness (QED) is 0.837. The van der Waals surface area contributed by atoms with Crippen molar-refractivity contribution in [1.29, 1.82) is 0 Å². The number of benzene rings is 1. The Morgan fingerprint density at radius 1 is 1.44 bits per heavy atom. The van der Waals surface area contributed by atoms with Crippen molar-refractivity contribution in [3.63, 3.8) is 0 Å². The number of amides is 3. The predicted molar refractivity (Wildman–Crippen MR) is 67.2 cm³/mol. The van der Waals surface area contributed by atoms with Gasteiger partial charge in [0, 0.05) is 21.5 Å². The summed E-state index contributed by atoms with van der Waals surface area (Å²) in [6.07, 6.45) is 0.264. The van der Waals surface area contributed by atoms with E-state index in [0.29, 0.717) is 5.75 Å². The number of hydrogen-bond donors (Lipinski definition) is 2. The number of rotatable bonds is 4. The summed E-state index contributed by atoms with van der Waals surface area (Å²) in [7, 11) is 0. The number of urea groups is 1. The molecule has 6 heteroatoms. The fraction of sp³-hybridized carbons (Fsp3) is 0.200. The smallest absolute Gasteiger partial charge is 0.318 e. The number of thioether (sulfide) groups is 1. The van der Waals surface area contributed by atoms with Gasteiger partial charge < -0.3 is 5.73 Å². The van der Waals surface area contributed by atoms with Crippen LogP contribution in [0.15, 0.2) is 33.6 Å². The zero-order chi connectivity index (χ0) is 12.0. The average Bonchev–Trinajstić information content (AvgIpc) is 2.16. The van der Waals surface area contributed by atoms with Crippen molar-refractivity contribution in [2.45, 2.75) is 11.3 Å². The number of hydrogen-bond acceptors (Lipinski definition) is 3. The van der Waals surface area contributed by atoms with E-state index in [1.165, 1.54) is 0 Å². The fourth-order valence-electron chi connectivity index (χ4n) is 1.02. The molecule has 0 fully saturated rings. The molecule has 3 N–H and O–H groups in total. The van der Waals surface area contributed by atoms with E-state index in [2.05, 4.69) is 15.9 Å². The van der Waals surface area contributed by atoms with Crippen molar-refractivity contribution in [2.24, 2.45) is 5.73 Å². The van der Waals surface area contributed by atoms with Gasteiger partial charge in [0.25, 0.3) is 0 Å². The Labute approximate surface area is 106 Å². The minimum atomic E-state index is -0.808. The Kier molecular flexibility index (Phi) is 5.34. The first kappa shape index (κ1) is 13.1. The van der Waals surface area contributed by atoms with Gasteiger partial charge in [-0.15, -0.1) is 11.8 Å². The molecule has 0 spiro atoms. The number of imide groups is 1. The molecule has 1 aromatic carbocycles. The number of nitrogens with two attached hydrogens (primary N) is 1.